The summed E-state index contributed by atoms with van der Waals surface area (Å²) in [6.45, 7) is 4.36. The number of piperazine rings is 1. The zero-order valence-corrected chi connectivity index (χ0v) is 22.5. The summed E-state index contributed by atoms with van der Waals surface area (Å²) in [7, 11) is 2.10. The van der Waals surface area contributed by atoms with Crippen molar-refractivity contribution >= 4 is 34.2 Å². The quantitative estimate of drug-likeness (QED) is 0.243. The zero-order chi connectivity index (χ0) is 28.6. The van der Waals surface area contributed by atoms with Gasteiger partial charge in [0.2, 0.25) is 5.95 Å². The summed E-state index contributed by atoms with van der Waals surface area (Å²) in [5.74, 6) is -3.73. The molecule has 0 aliphatic carbocycles. The minimum Gasteiger partial charge on any atom is -0.369 e. The summed E-state index contributed by atoms with van der Waals surface area (Å²) >= 11 is 0. The highest BCUT2D eigenvalue weighted by atomic mass is 19.3. The smallest absolute Gasteiger partial charge is 0.317 e. The number of nitrogens with one attached hydrogen (secondary N) is 1. The third-order valence-corrected chi connectivity index (χ3v) is 7.60. The summed E-state index contributed by atoms with van der Waals surface area (Å²) in [6, 6.07) is 12.1. The highest BCUT2D eigenvalue weighted by Gasteiger charge is 2.41. The van der Waals surface area contributed by atoms with Crippen LogP contribution in [0.15, 0.2) is 54.9 Å². The maximum absolute atomic E-state index is 16.1. The van der Waals surface area contributed by atoms with Crippen LogP contribution in [-0.4, -0.2) is 69.2 Å². The Kier molecular flexibility index (Phi) is 7.22. The molecule has 6 rings (SSSR count). The van der Waals surface area contributed by atoms with E-state index in [1.165, 1.54) is 18.5 Å². The van der Waals surface area contributed by atoms with E-state index in [0.29, 0.717) is 18.7 Å². The Morgan fingerprint density at radius 3 is 2.56 bits per heavy atom. The Labute approximate surface area is 234 Å². The zero-order valence-electron chi connectivity index (χ0n) is 22.5. The van der Waals surface area contributed by atoms with Gasteiger partial charge < -0.3 is 19.9 Å². The van der Waals surface area contributed by atoms with Crippen molar-refractivity contribution in [2.45, 2.75) is 31.4 Å². The molecule has 0 amide bonds. The number of fused-ring (bicyclic) bond motifs is 1. The molecule has 4 heterocycles. The molecule has 0 spiro atoms. The van der Waals surface area contributed by atoms with Gasteiger partial charge in [-0.2, -0.15) is 13.8 Å². The third-order valence-electron chi connectivity index (χ3n) is 7.60. The largest absolute Gasteiger partial charge is 0.369 e. The number of halogens is 2. The predicted octanol–water partition coefficient (Wildman–Crippen LogP) is 5.07. The van der Waals surface area contributed by atoms with E-state index in [-0.39, 0.29) is 17.1 Å². The van der Waals surface area contributed by atoms with E-state index in [2.05, 4.69) is 37.1 Å². The Hall–Kier alpha value is -4.23. The monoisotopic (exact) mass is 564 g/mol. The lowest BCUT2D eigenvalue weighted by atomic mass is 10.0. The Morgan fingerprint density at radius 1 is 1.07 bits per heavy atom. The van der Waals surface area contributed by atoms with E-state index in [4.69, 9.17) is 4.74 Å². The van der Waals surface area contributed by atoms with Gasteiger partial charge in [0.15, 0.2) is 5.65 Å². The minimum absolute atomic E-state index is 0.0393. The third kappa shape index (κ3) is 5.42. The van der Waals surface area contributed by atoms with E-state index in [1.807, 2.05) is 24.3 Å². The second-order valence-corrected chi connectivity index (χ2v) is 10.4. The van der Waals surface area contributed by atoms with Crippen LogP contribution in [-0.2, 0) is 10.7 Å². The molecular weight excluding hydrogens is 534 g/mol. The first-order chi connectivity index (χ1) is 19.8. The SMILES string of the molecule is CN1CCN(c2ccc(Nc3nc(C(F)(F)c4cccc([N+](=O)[O-])c4)c4ncn(C5CCCCO5)c4n3)cc2)CC1. The van der Waals surface area contributed by atoms with Gasteiger partial charge in [-0.3, -0.25) is 14.7 Å². The van der Waals surface area contributed by atoms with Crippen molar-refractivity contribution in [1.82, 2.24) is 24.4 Å². The molecule has 1 unspecified atom stereocenters. The number of benzene rings is 2. The Balaban J connectivity index is 1.38. The molecule has 13 heteroatoms. The molecule has 2 saturated heterocycles. The first kappa shape index (κ1) is 27.0. The number of ether oxygens (including phenoxy) is 1. The molecule has 4 aromatic rings. The highest BCUT2D eigenvalue weighted by Crippen LogP contribution is 2.40. The summed E-state index contributed by atoms with van der Waals surface area (Å²) < 4.78 is 39.7. The van der Waals surface area contributed by atoms with Crippen molar-refractivity contribution < 1.29 is 18.4 Å². The van der Waals surface area contributed by atoms with Gasteiger partial charge in [0.25, 0.3) is 5.69 Å². The molecule has 1 atom stereocenters. The van der Waals surface area contributed by atoms with Crippen molar-refractivity contribution in [2.24, 2.45) is 0 Å². The number of imidazole rings is 1. The van der Waals surface area contributed by atoms with Crippen LogP contribution in [0, 0.1) is 10.1 Å². The Bertz CT molecular complexity index is 1550. The number of nitro benzene ring substituents is 1. The second-order valence-electron chi connectivity index (χ2n) is 10.4. The van der Waals surface area contributed by atoms with Gasteiger partial charge in [-0.15, -0.1) is 0 Å². The van der Waals surface area contributed by atoms with Crippen LogP contribution in [0.2, 0.25) is 0 Å². The van der Waals surface area contributed by atoms with Gasteiger partial charge >= 0.3 is 5.92 Å². The molecule has 0 bridgehead atoms. The van der Waals surface area contributed by atoms with Crippen LogP contribution >= 0.6 is 0 Å². The maximum atomic E-state index is 16.1. The first-order valence-electron chi connectivity index (χ1n) is 13.6. The maximum Gasteiger partial charge on any atom is 0.317 e. The fraction of sp³-hybridized carbons (Fsp3) is 0.393. The van der Waals surface area contributed by atoms with Crippen molar-refractivity contribution in [1.29, 1.82) is 0 Å². The number of nitrogens with zero attached hydrogens (tertiary/aromatic N) is 7. The molecule has 0 radical (unpaired) electrons. The van der Waals surface area contributed by atoms with Gasteiger partial charge in [-0.05, 0) is 50.6 Å². The van der Waals surface area contributed by atoms with Crippen LogP contribution in [0.1, 0.15) is 36.7 Å². The van der Waals surface area contributed by atoms with Crippen LogP contribution in [0.3, 0.4) is 0 Å². The van der Waals surface area contributed by atoms with Crippen LogP contribution in [0.4, 0.5) is 31.8 Å². The first-order valence-corrected chi connectivity index (χ1v) is 13.6. The summed E-state index contributed by atoms with van der Waals surface area (Å²) in [5.41, 5.74) is 0.173. The lowest BCUT2D eigenvalue weighted by Crippen LogP contribution is -2.44. The highest BCUT2D eigenvalue weighted by molar-refractivity contribution is 5.77. The molecule has 2 aromatic heterocycles. The van der Waals surface area contributed by atoms with E-state index >= 15 is 8.78 Å². The second kappa shape index (κ2) is 11.0. The number of anilines is 3. The minimum atomic E-state index is -3.69. The number of alkyl halides is 2. The number of hydrogen-bond donors (Lipinski definition) is 1. The number of aromatic nitrogens is 4. The van der Waals surface area contributed by atoms with Crippen molar-refractivity contribution in [3.63, 3.8) is 0 Å². The van der Waals surface area contributed by atoms with Gasteiger partial charge in [-0.1, -0.05) is 12.1 Å². The summed E-state index contributed by atoms with van der Waals surface area (Å²) in [4.78, 5) is 28.2. The fourth-order valence-electron chi connectivity index (χ4n) is 5.25. The lowest BCUT2D eigenvalue weighted by molar-refractivity contribution is -0.385. The van der Waals surface area contributed by atoms with E-state index in [0.717, 1.165) is 56.8 Å². The standard InChI is InChI=1S/C28H30F2N8O3/c1-35-12-14-36(15-13-35)21-10-8-20(9-11-21)32-27-33-25(28(29,30)19-5-4-6-22(17-19)38(39)40)24-26(34-27)37(18-31-24)23-7-2-3-16-41-23/h4-6,8-11,17-18,23H,2-3,7,12-16H2,1H3,(H,32,33,34). The van der Waals surface area contributed by atoms with E-state index < -0.39 is 34.0 Å². The van der Waals surface area contributed by atoms with Crippen molar-refractivity contribution in [3.8, 4) is 0 Å². The van der Waals surface area contributed by atoms with Crippen LogP contribution in [0.25, 0.3) is 11.2 Å². The fourth-order valence-corrected chi connectivity index (χ4v) is 5.25. The van der Waals surface area contributed by atoms with E-state index in [1.54, 1.807) is 4.57 Å². The molecule has 1 N–H and O–H groups in total. The summed E-state index contributed by atoms with van der Waals surface area (Å²) in [6.07, 6.45) is 3.60. The Morgan fingerprint density at radius 2 is 1.85 bits per heavy atom. The number of non-ortho nitro benzene ring substituents is 1. The number of nitro groups is 1. The molecule has 2 fully saturated rings. The molecule has 2 aromatic carbocycles. The van der Waals surface area contributed by atoms with Crippen LogP contribution < -0.4 is 10.2 Å². The van der Waals surface area contributed by atoms with E-state index in [9.17, 15) is 10.1 Å². The van der Waals surface area contributed by atoms with Gasteiger partial charge in [0, 0.05) is 61.9 Å². The van der Waals surface area contributed by atoms with Gasteiger partial charge in [-0.25, -0.2) is 9.97 Å². The molecule has 214 valence electrons. The van der Waals surface area contributed by atoms with Gasteiger partial charge in [0.1, 0.15) is 17.4 Å². The number of rotatable bonds is 7. The molecular formula is C28H30F2N8O3. The van der Waals surface area contributed by atoms with Crippen molar-refractivity contribution in [2.75, 3.05) is 50.1 Å². The molecule has 2 aliphatic rings. The number of hydrogen-bond acceptors (Lipinski definition) is 9. The summed E-state index contributed by atoms with van der Waals surface area (Å²) in [5, 5.41) is 14.4. The molecule has 0 saturated carbocycles. The topological polar surface area (TPSA) is 114 Å². The average Bonchev–Trinajstić information content (AvgIpc) is 3.42. The molecule has 11 nitrogen and oxygen atoms in total. The molecule has 41 heavy (non-hydrogen) atoms. The normalized spacial score (nSPS) is 18.5. The lowest BCUT2D eigenvalue weighted by Gasteiger charge is -2.34. The number of likely N-dealkylation sites (N-methyl/N-ethyl adjacent to an activating group) is 1. The van der Waals surface area contributed by atoms with Gasteiger partial charge in [0.05, 0.1) is 11.3 Å². The average molecular weight is 565 g/mol. The predicted molar refractivity (Wildman–Crippen MR) is 150 cm³/mol. The molecule has 2 aliphatic heterocycles. The van der Waals surface area contributed by atoms with Crippen molar-refractivity contribution in [3.05, 3.63) is 76.2 Å². The van der Waals surface area contributed by atoms with Crippen LogP contribution in [0.5, 0.6) is 0 Å².